The molecule has 1 heterocycles. The van der Waals surface area contributed by atoms with Crippen LogP contribution in [0.4, 0.5) is 0 Å². The first-order valence-electron chi connectivity index (χ1n) is 5.64. The SMILES string of the molecule is Cc1ccc(C(CO)COc2ccccc2)o1. The van der Waals surface area contributed by atoms with Gasteiger partial charge in [-0.15, -0.1) is 0 Å². The van der Waals surface area contributed by atoms with Gasteiger partial charge in [0.15, 0.2) is 0 Å². The van der Waals surface area contributed by atoms with Crippen LogP contribution in [0.3, 0.4) is 0 Å². The molecule has 0 bridgehead atoms. The number of para-hydroxylation sites is 1. The van der Waals surface area contributed by atoms with Gasteiger partial charge in [-0.2, -0.15) is 0 Å². The lowest BCUT2D eigenvalue weighted by Gasteiger charge is -2.13. The highest BCUT2D eigenvalue weighted by Gasteiger charge is 2.15. The van der Waals surface area contributed by atoms with Crippen molar-refractivity contribution in [2.24, 2.45) is 0 Å². The quantitative estimate of drug-likeness (QED) is 0.861. The smallest absolute Gasteiger partial charge is 0.119 e. The fourth-order valence-corrected chi connectivity index (χ4v) is 1.61. The lowest BCUT2D eigenvalue weighted by molar-refractivity contribution is 0.189. The highest BCUT2D eigenvalue weighted by Crippen LogP contribution is 2.20. The number of aryl methyl sites for hydroxylation is 1. The van der Waals surface area contributed by atoms with Crippen molar-refractivity contribution in [3.05, 3.63) is 54.0 Å². The Morgan fingerprint density at radius 2 is 1.94 bits per heavy atom. The Morgan fingerprint density at radius 3 is 2.53 bits per heavy atom. The molecule has 0 radical (unpaired) electrons. The van der Waals surface area contributed by atoms with Gasteiger partial charge in [0, 0.05) is 0 Å². The second-order valence-corrected chi connectivity index (χ2v) is 3.95. The van der Waals surface area contributed by atoms with E-state index in [0.717, 1.165) is 17.3 Å². The summed E-state index contributed by atoms with van der Waals surface area (Å²) in [6.07, 6.45) is 0. The minimum absolute atomic E-state index is 0.0137. The van der Waals surface area contributed by atoms with Gasteiger partial charge in [-0.3, -0.25) is 0 Å². The molecule has 1 N–H and O–H groups in total. The number of hydrogen-bond donors (Lipinski definition) is 1. The molecule has 0 saturated heterocycles. The summed E-state index contributed by atoms with van der Waals surface area (Å²) in [6.45, 7) is 2.31. The van der Waals surface area contributed by atoms with Crippen LogP contribution >= 0.6 is 0 Å². The number of benzene rings is 1. The molecule has 0 aliphatic carbocycles. The van der Waals surface area contributed by atoms with E-state index in [-0.39, 0.29) is 12.5 Å². The van der Waals surface area contributed by atoms with E-state index in [9.17, 15) is 5.11 Å². The monoisotopic (exact) mass is 232 g/mol. The molecule has 0 amide bonds. The number of aliphatic hydroxyl groups excluding tert-OH is 1. The molecule has 1 aromatic carbocycles. The molecule has 1 unspecified atom stereocenters. The molecule has 0 fully saturated rings. The van der Waals surface area contributed by atoms with Crippen LogP contribution in [0.25, 0.3) is 0 Å². The van der Waals surface area contributed by atoms with Gasteiger partial charge in [-0.1, -0.05) is 18.2 Å². The van der Waals surface area contributed by atoms with Gasteiger partial charge in [-0.25, -0.2) is 0 Å². The normalized spacial score (nSPS) is 12.4. The van der Waals surface area contributed by atoms with Crippen molar-refractivity contribution in [3.8, 4) is 5.75 Å². The van der Waals surface area contributed by atoms with E-state index in [4.69, 9.17) is 9.15 Å². The molecule has 3 heteroatoms. The molecule has 0 aliphatic heterocycles. The van der Waals surface area contributed by atoms with Crippen molar-refractivity contribution in [3.63, 3.8) is 0 Å². The van der Waals surface area contributed by atoms with Crippen molar-refractivity contribution in [1.29, 1.82) is 0 Å². The lowest BCUT2D eigenvalue weighted by atomic mass is 10.1. The summed E-state index contributed by atoms with van der Waals surface area (Å²) < 4.78 is 11.1. The Morgan fingerprint density at radius 1 is 1.18 bits per heavy atom. The predicted molar refractivity (Wildman–Crippen MR) is 65.2 cm³/mol. The maximum absolute atomic E-state index is 9.33. The fraction of sp³-hybridized carbons (Fsp3) is 0.286. The zero-order valence-electron chi connectivity index (χ0n) is 9.80. The van der Waals surface area contributed by atoms with Crippen molar-refractivity contribution in [2.45, 2.75) is 12.8 Å². The van der Waals surface area contributed by atoms with Gasteiger partial charge in [0.05, 0.1) is 12.5 Å². The summed E-state index contributed by atoms with van der Waals surface area (Å²) in [5.41, 5.74) is 0. The minimum atomic E-state index is -0.121. The highest BCUT2D eigenvalue weighted by molar-refractivity contribution is 5.21. The van der Waals surface area contributed by atoms with Crippen LogP contribution in [0.5, 0.6) is 5.75 Å². The number of hydrogen-bond acceptors (Lipinski definition) is 3. The van der Waals surface area contributed by atoms with Gasteiger partial charge in [0.25, 0.3) is 0 Å². The molecule has 90 valence electrons. The average molecular weight is 232 g/mol. The number of ether oxygens (including phenoxy) is 1. The minimum Gasteiger partial charge on any atom is -0.493 e. The Hall–Kier alpha value is -1.74. The topological polar surface area (TPSA) is 42.6 Å². The van der Waals surface area contributed by atoms with E-state index >= 15 is 0 Å². The third kappa shape index (κ3) is 3.11. The first kappa shape index (κ1) is 11.7. The van der Waals surface area contributed by atoms with Crippen molar-refractivity contribution in [2.75, 3.05) is 13.2 Å². The lowest BCUT2D eigenvalue weighted by Crippen LogP contribution is -2.13. The Balaban J connectivity index is 1.97. The second kappa shape index (κ2) is 5.55. The van der Waals surface area contributed by atoms with Crippen LogP contribution in [0, 0.1) is 6.92 Å². The van der Waals surface area contributed by atoms with Crippen molar-refractivity contribution in [1.82, 2.24) is 0 Å². The van der Waals surface area contributed by atoms with Crippen LogP contribution in [-0.4, -0.2) is 18.3 Å². The molecule has 0 spiro atoms. The summed E-state index contributed by atoms with van der Waals surface area (Å²) in [6, 6.07) is 13.3. The van der Waals surface area contributed by atoms with E-state index in [1.807, 2.05) is 49.4 Å². The molecule has 0 aliphatic rings. The van der Waals surface area contributed by atoms with Gasteiger partial charge in [0.1, 0.15) is 23.9 Å². The number of furan rings is 1. The summed E-state index contributed by atoms with van der Waals surface area (Å²) >= 11 is 0. The van der Waals surface area contributed by atoms with E-state index in [1.54, 1.807) is 0 Å². The molecule has 1 atom stereocenters. The Bertz CT molecular complexity index is 448. The van der Waals surface area contributed by atoms with Crippen molar-refractivity contribution >= 4 is 0 Å². The molecule has 1 aromatic heterocycles. The van der Waals surface area contributed by atoms with Crippen LogP contribution < -0.4 is 4.74 Å². The number of rotatable bonds is 5. The van der Waals surface area contributed by atoms with Crippen LogP contribution in [0.2, 0.25) is 0 Å². The van der Waals surface area contributed by atoms with E-state index in [1.165, 1.54) is 0 Å². The summed E-state index contributed by atoms with van der Waals surface area (Å²) in [7, 11) is 0. The first-order valence-corrected chi connectivity index (χ1v) is 5.64. The van der Waals surface area contributed by atoms with E-state index < -0.39 is 0 Å². The first-order chi connectivity index (χ1) is 8.29. The van der Waals surface area contributed by atoms with Gasteiger partial charge >= 0.3 is 0 Å². The van der Waals surface area contributed by atoms with Gasteiger partial charge in [-0.05, 0) is 31.2 Å². The molecular weight excluding hydrogens is 216 g/mol. The van der Waals surface area contributed by atoms with E-state index in [0.29, 0.717) is 6.61 Å². The van der Waals surface area contributed by atoms with E-state index in [2.05, 4.69) is 0 Å². The molecule has 3 nitrogen and oxygen atoms in total. The predicted octanol–water partition coefficient (Wildman–Crippen LogP) is 2.74. The Labute approximate surface area is 101 Å². The summed E-state index contributed by atoms with van der Waals surface area (Å²) in [4.78, 5) is 0. The second-order valence-electron chi connectivity index (χ2n) is 3.95. The third-order valence-electron chi connectivity index (χ3n) is 2.58. The maximum atomic E-state index is 9.33. The Kier molecular flexibility index (Phi) is 3.83. The molecule has 17 heavy (non-hydrogen) atoms. The van der Waals surface area contributed by atoms with Crippen LogP contribution in [-0.2, 0) is 0 Å². The van der Waals surface area contributed by atoms with Crippen LogP contribution in [0.1, 0.15) is 17.4 Å². The largest absolute Gasteiger partial charge is 0.493 e. The van der Waals surface area contributed by atoms with Crippen molar-refractivity contribution < 1.29 is 14.3 Å². The zero-order chi connectivity index (χ0) is 12.1. The van der Waals surface area contributed by atoms with Gasteiger partial charge < -0.3 is 14.3 Å². The average Bonchev–Trinajstić information content (AvgIpc) is 2.78. The summed E-state index contributed by atoms with van der Waals surface area (Å²) in [5, 5.41) is 9.33. The van der Waals surface area contributed by atoms with Gasteiger partial charge in [0.2, 0.25) is 0 Å². The molecule has 0 saturated carbocycles. The zero-order valence-corrected chi connectivity index (χ0v) is 9.80. The third-order valence-corrected chi connectivity index (χ3v) is 2.58. The molecule has 2 rings (SSSR count). The van der Waals surface area contributed by atoms with Crippen LogP contribution in [0.15, 0.2) is 46.9 Å². The number of aliphatic hydroxyl groups is 1. The fourth-order valence-electron chi connectivity index (χ4n) is 1.61. The standard InChI is InChI=1S/C14H16O3/c1-11-7-8-14(17-11)12(9-15)10-16-13-5-3-2-4-6-13/h2-8,12,15H,9-10H2,1H3. The highest BCUT2D eigenvalue weighted by atomic mass is 16.5. The maximum Gasteiger partial charge on any atom is 0.119 e. The molecule has 2 aromatic rings. The summed E-state index contributed by atoms with van der Waals surface area (Å²) in [5.74, 6) is 2.29. The molecular formula is C14H16O3.